The lowest BCUT2D eigenvalue weighted by molar-refractivity contribution is -0.128. The molecule has 3 aromatic rings. The predicted octanol–water partition coefficient (Wildman–Crippen LogP) is 2.91. The van der Waals surface area contributed by atoms with Crippen LogP contribution in [-0.4, -0.2) is 34.4 Å². The molecule has 0 radical (unpaired) electrons. The second-order valence-electron chi connectivity index (χ2n) is 7.38. The fourth-order valence-electron chi connectivity index (χ4n) is 3.66. The Labute approximate surface area is 174 Å². The molecule has 1 amide bonds. The van der Waals surface area contributed by atoms with Crippen molar-refractivity contribution in [3.8, 4) is 5.75 Å². The molecule has 2 N–H and O–H groups in total. The number of H-pyrrole nitrogens is 1. The van der Waals surface area contributed by atoms with Gasteiger partial charge in [-0.2, -0.15) is 0 Å². The number of amides is 1. The van der Waals surface area contributed by atoms with E-state index in [0.717, 1.165) is 16.9 Å². The van der Waals surface area contributed by atoms with Gasteiger partial charge in [-0.3, -0.25) is 14.6 Å². The zero-order chi connectivity index (χ0) is 20.9. The van der Waals surface area contributed by atoms with Gasteiger partial charge in [0.05, 0.1) is 12.8 Å². The third-order valence-electron chi connectivity index (χ3n) is 5.20. The van der Waals surface area contributed by atoms with Gasteiger partial charge in [0.1, 0.15) is 5.75 Å². The number of benzene rings is 2. The first-order valence-corrected chi connectivity index (χ1v) is 9.90. The number of aromatic amines is 1. The third-order valence-corrected chi connectivity index (χ3v) is 5.20. The fraction of sp³-hybridized carbons (Fsp3) is 0.261. The molecule has 4 rings (SSSR count). The summed E-state index contributed by atoms with van der Waals surface area (Å²) in [5, 5.41) is 3.16. The first kappa shape index (κ1) is 19.7. The molecule has 7 nitrogen and oxygen atoms in total. The minimum absolute atomic E-state index is 0.0804. The molecule has 0 aliphatic carbocycles. The van der Waals surface area contributed by atoms with Gasteiger partial charge in [-0.15, -0.1) is 0 Å². The van der Waals surface area contributed by atoms with Crippen LogP contribution in [0.1, 0.15) is 29.2 Å². The standard InChI is InChI=1S/C23H24N4O3/c1-30-19-9-5-8-17(10-19)13-24-23-25-20(12-21(28)26-23)18-11-22(29)27(15-18)14-16-6-3-2-4-7-16/h2-10,12,18H,11,13-15H2,1H3,(H2,24,25,26,28). The zero-order valence-corrected chi connectivity index (χ0v) is 16.8. The van der Waals surface area contributed by atoms with E-state index in [1.54, 1.807) is 7.11 Å². The number of carbonyl (C=O) groups is 1. The van der Waals surface area contributed by atoms with E-state index in [1.165, 1.54) is 6.07 Å². The maximum Gasteiger partial charge on any atom is 0.252 e. The number of methoxy groups -OCH3 is 1. The van der Waals surface area contributed by atoms with Crippen molar-refractivity contribution in [2.45, 2.75) is 25.4 Å². The van der Waals surface area contributed by atoms with Gasteiger partial charge in [0.25, 0.3) is 5.56 Å². The molecule has 1 aromatic heterocycles. The molecular formula is C23H24N4O3. The van der Waals surface area contributed by atoms with E-state index in [4.69, 9.17) is 4.74 Å². The number of nitrogens with zero attached hydrogens (tertiary/aromatic N) is 2. The molecular weight excluding hydrogens is 380 g/mol. The van der Waals surface area contributed by atoms with Crippen molar-refractivity contribution in [3.05, 3.63) is 87.8 Å². The van der Waals surface area contributed by atoms with E-state index < -0.39 is 0 Å². The van der Waals surface area contributed by atoms with Crippen LogP contribution in [0.25, 0.3) is 0 Å². The molecule has 1 aliphatic rings. The van der Waals surface area contributed by atoms with Crippen molar-refractivity contribution < 1.29 is 9.53 Å². The molecule has 154 valence electrons. The molecule has 1 atom stereocenters. The van der Waals surface area contributed by atoms with Crippen LogP contribution < -0.4 is 15.6 Å². The number of hydrogen-bond acceptors (Lipinski definition) is 5. The highest BCUT2D eigenvalue weighted by molar-refractivity contribution is 5.79. The van der Waals surface area contributed by atoms with Gasteiger partial charge in [0.15, 0.2) is 0 Å². The Balaban J connectivity index is 1.45. The second-order valence-corrected chi connectivity index (χ2v) is 7.38. The molecule has 0 spiro atoms. The molecule has 0 saturated carbocycles. The molecule has 7 heteroatoms. The summed E-state index contributed by atoms with van der Waals surface area (Å²) in [6.07, 6.45) is 0.360. The highest BCUT2D eigenvalue weighted by atomic mass is 16.5. The molecule has 1 unspecified atom stereocenters. The highest BCUT2D eigenvalue weighted by Crippen LogP contribution is 2.28. The summed E-state index contributed by atoms with van der Waals surface area (Å²) in [4.78, 5) is 33.8. The Morgan fingerprint density at radius 1 is 1.10 bits per heavy atom. The Hall–Kier alpha value is -3.61. The lowest BCUT2D eigenvalue weighted by atomic mass is 10.0. The van der Waals surface area contributed by atoms with Crippen LogP contribution >= 0.6 is 0 Å². The van der Waals surface area contributed by atoms with Gasteiger partial charge in [-0.25, -0.2) is 4.98 Å². The largest absolute Gasteiger partial charge is 0.497 e. The normalized spacial score (nSPS) is 16.0. The molecule has 1 saturated heterocycles. The summed E-state index contributed by atoms with van der Waals surface area (Å²) in [6, 6.07) is 19.1. The average molecular weight is 404 g/mol. The van der Waals surface area contributed by atoms with Crippen LogP contribution in [0.5, 0.6) is 5.75 Å². The SMILES string of the molecule is COc1cccc(CNc2nc(C3CC(=O)N(Cc4ccccc4)C3)cc(=O)[nH]2)c1. The summed E-state index contributed by atoms with van der Waals surface area (Å²) < 4.78 is 5.24. The van der Waals surface area contributed by atoms with Crippen LogP contribution in [0.3, 0.4) is 0 Å². The summed E-state index contributed by atoms with van der Waals surface area (Å²) in [5.74, 6) is 1.15. The van der Waals surface area contributed by atoms with Crippen molar-refractivity contribution in [2.75, 3.05) is 19.0 Å². The maximum atomic E-state index is 12.5. The number of rotatable bonds is 7. The van der Waals surface area contributed by atoms with Gasteiger partial charge in [-0.05, 0) is 23.3 Å². The quantitative estimate of drug-likeness (QED) is 0.632. The molecule has 1 fully saturated rings. The van der Waals surface area contributed by atoms with E-state index in [0.29, 0.717) is 37.7 Å². The molecule has 1 aliphatic heterocycles. The topological polar surface area (TPSA) is 87.3 Å². The number of ether oxygens (including phenoxy) is 1. The number of nitrogens with one attached hydrogen (secondary N) is 2. The molecule has 30 heavy (non-hydrogen) atoms. The minimum atomic E-state index is -0.234. The van der Waals surface area contributed by atoms with Crippen LogP contribution in [0.2, 0.25) is 0 Å². The summed E-state index contributed by atoms with van der Waals surface area (Å²) in [5.41, 5.74) is 2.50. The van der Waals surface area contributed by atoms with Crippen molar-refractivity contribution >= 4 is 11.9 Å². The summed E-state index contributed by atoms with van der Waals surface area (Å²) in [7, 11) is 1.62. The number of aromatic nitrogens is 2. The van der Waals surface area contributed by atoms with Gasteiger partial charge in [0, 0.05) is 38.0 Å². The molecule has 2 aromatic carbocycles. The van der Waals surface area contributed by atoms with Gasteiger partial charge in [-0.1, -0.05) is 42.5 Å². The lowest BCUT2D eigenvalue weighted by Crippen LogP contribution is -2.24. The number of carbonyl (C=O) groups excluding carboxylic acids is 1. The van der Waals surface area contributed by atoms with E-state index in [9.17, 15) is 9.59 Å². The van der Waals surface area contributed by atoms with Crippen molar-refractivity contribution in [1.82, 2.24) is 14.9 Å². The van der Waals surface area contributed by atoms with Crippen LogP contribution in [-0.2, 0) is 17.9 Å². The third kappa shape index (κ3) is 4.68. The summed E-state index contributed by atoms with van der Waals surface area (Å²) in [6.45, 7) is 1.62. The number of hydrogen-bond donors (Lipinski definition) is 2. The number of likely N-dealkylation sites (tertiary alicyclic amines) is 1. The van der Waals surface area contributed by atoms with E-state index in [2.05, 4.69) is 15.3 Å². The van der Waals surface area contributed by atoms with Gasteiger partial charge >= 0.3 is 0 Å². The first-order valence-electron chi connectivity index (χ1n) is 9.90. The zero-order valence-electron chi connectivity index (χ0n) is 16.8. The average Bonchev–Trinajstić information content (AvgIpc) is 3.13. The highest BCUT2D eigenvalue weighted by Gasteiger charge is 2.31. The van der Waals surface area contributed by atoms with Gasteiger partial charge < -0.3 is 15.0 Å². The minimum Gasteiger partial charge on any atom is -0.497 e. The lowest BCUT2D eigenvalue weighted by Gasteiger charge is -2.17. The summed E-state index contributed by atoms with van der Waals surface area (Å²) >= 11 is 0. The van der Waals surface area contributed by atoms with Crippen LogP contribution in [0.4, 0.5) is 5.95 Å². The van der Waals surface area contributed by atoms with Crippen molar-refractivity contribution in [3.63, 3.8) is 0 Å². The Bertz CT molecular complexity index is 1080. The second kappa shape index (κ2) is 8.82. The van der Waals surface area contributed by atoms with E-state index >= 15 is 0 Å². The van der Waals surface area contributed by atoms with Crippen molar-refractivity contribution in [1.29, 1.82) is 0 Å². The maximum absolute atomic E-state index is 12.5. The predicted molar refractivity (Wildman–Crippen MR) is 114 cm³/mol. The van der Waals surface area contributed by atoms with Crippen LogP contribution in [0.15, 0.2) is 65.5 Å². The Morgan fingerprint density at radius 2 is 1.90 bits per heavy atom. The monoisotopic (exact) mass is 404 g/mol. The smallest absolute Gasteiger partial charge is 0.252 e. The van der Waals surface area contributed by atoms with Gasteiger partial charge in [0.2, 0.25) is 11.9 Å². The Morgan fingerprint density at radius 3 is 2.70 bits per heavy atom. The molecule has 2 heterocycles. The molecule has 0 bridgehead atoms. The first-order chi connectivity index (χ1) is 14.6. The number of anilines is 1. The van der Waals surface area contributed by atoms with E-state index in [1.807, 2.05) is 59.5 Å². The van der Waals surface area contributed by atoms with E-state index in [-0.39, 0.29) is 17.4 Å². The Kier molecular flexibility index (Phi) is 5.79. The van der Waals surface area contributed by atoms with Crippen LogP contribution in [0, 0.1) is 0 Å². The van der Waals surface area contributed by atoms with Crippen molar-refractivity contribution in [2.24, 2.45) is 0 Å². The fourth-order valence-corrected chi connectivity index (χ4v) is 3.66.